The number of amides is 4. The minimum Gasteiger partial charge on any atom is -0.496 e. The maximum absolute atomic E-state index is 13.1. The van der Waals surface area contributed by atoms with Crippen molar-refractivity contribution in [2.75, 3.05) is 7.11 Å². The molecule has 4 amide bonds. The Hall–Kier alpha value is -4.34. The molecule has 0 bridgehead atoms. The predicted octanol–water partition coefficient (Wildman–Crippen LogP) is 2.14. The molecule has 3 aromatic rings. The van der Waals surface area contributed by atoms with Gasteiger partial charge in [0.05, 0.1) is 30.0 Å². The van der Waals surface area contributed by atoms with E-state index < -0.39 is 35.2 Å². The van der Waals surface area contributed by atoms with E-state index in [1.54, 1.807) is 36.2 Å². The first-order chi connectivity index (χ1) is 16.7. The lowest BCUT2D eigenvalue weighted by Gasteiger charge is -2.27. The summed E-state index contributed by atoms with van der Waals surface area (Å²) in [5, 5.41) is 10.8. The normalized spacial score (nSPS) is 18.0. The number of ether oxygens (including phenoxy) is 1. The standard InChI is InChI=1S/C25H23N5O5/c1-25(2,17-6-4-5-7-20(17)35-3)29-13-18(27-28-29)14-8-9-15-16(12-14)24(34)30(23(15)33)19-10-11-21(31)26-22(19)32/h4-9,12-13,19H,10-11H2,1-3H3,(H,26,31,32). The first-order valence-electron chi connectivity index (χ1n) is 11.1. The number of piperidine rings is 1. The molecule has 1 fully saturated rings. The van der Waals surface area contributed by atoms with Crippen LogP contribution in [0, 0.1) is 0 Å². The fraction of sp³-hybridized carbons (Fsp3) is 0.280. The highest BCUT2D eigenvalue weighted by Crippen LogP contribution is 2.34. The fourth-order valence-corrected chi connectivity index (χ4v) is 4.57. The van der Waals surface area contributed by atoms with E-state index in [2.05, 4.69) is 15.6 Å². The maximum atomic E-state index is 13.1. The van der Waals surface area contributed by atoms with E-state index in [-0.39, 0.29) is 24.0 Å². The molecule has 1 saturated heterocycles. The molecule has 1 N–H and O–H groups in total. The molecule has 0 aliphatic carbocycles. The second-order valence-corrected chi connectivity index (χ2v) is 9.02. The molecule has 10 nitrogen and oxygen atoms in total. The Morgan fingerprint density at radius 1 is 1.03 bits per heavy atom. The highest BCUT2D eigenvalue weighted by atomic mass is 16.5. The molecule has 10 heteroatoms. The fourth-order valence-electron chi connectivity index (χ4n) is 4.57. The van der Waals surface area contributed by atoms with Crippen molar-refractivity contribution >= 4 is 23.6 Å². The van der Waals surface area contributed by atoms with Gasteiger partial charge in [-0.1, -0.05) is 29.5 Å². The molecular formula is C25H23N5O5. The summed E-state index contributed by atoms with van der Waals surface area (Å²) in [5.41, 5.74) is 1.88. The van der Waals surface area contributed by atoms with Crippen molar-refractivity contribution in [1.29, 1.82) is 0 Å². The van der Waals surface area contributed by atoms with Crippen molar-refractivity contribution in [1.82, 2.24) is 25.2 Å². The van der Waals surface area contributed by atoms with Crippen LogP contribution in [0.2, 0.25) is 0 Å². The van der Waals surface area contributed by atoms with Gasteiger partial charge in [0.2, 0.25) is 11.8 Å². The Morgan fingerprint density at radius 3 is 2.51 bits per heavy atom. The maximum Gasteiger partial charge on any atom is 0.262 e. The summed E-state index contributed by atoms with van der Waals surface area (Å²) in [6.07, 6.45) is 1.95. The van der Waals surface area contributed by atoms with Gasteiger partial charge in [-0.3, -0.25) is 29.4 Å². The quantitative estimate of drug-likeness (QED) is 0.563. The van der Waals surface area contributed by atoms with Crippen molar-refractivity contribution in [2.45, 2.75) is 38.3 Å². The van der Waals surface area contributed by atoms with Gasteiger partial charge >= 0.3 is 0 Å². The minimum absolute atomic E-state index is 0.0696. The summed E-state index contributed by atoms with van der Waals surface area (Å²) in [7, 11) is 1.61. The Balaban J connectivity index is 1.46. The molecule has 3 heterocycles. The second kappa shape index (κ2) is 8.15. The van der Waals surface area contributed by atoms with Crippen LogP contribution in [0.3, 0.4) is 0 Å². The van der Waals surface area contributed by atoms with E-state index in [1.165, 1.54) is 0 Å². The summed E-state index contributed by atoms with van der Waals surface area (Å²) < 4.78 is 7.23. The molecule has 2 aromatic carbocycles. The van der Waals surface area contributed by atoms with Crippen LogP contribution in [-0.2, 0) is 15.1 Å². The molecule has 0 spiro atoms. The minimum atomic E-state index is -1.01. The number of aromatic nitrogens is 3. The number of hydrogen-bond acceptors (Lipinski definition) is 7. The Labute approximate surface area is 200 Å². The lowest BCUT2D eigenvalue weighted by atomic mass is 9.93. The average molecular weight is 473 g/mol. The molecule has 1 atom stereocenters. The predicted molar refractivity (Wildman–Crippen MR) is 124 cm³/mol. The smallest absolute Gasteiger partial charge is 0.262 e. The van der Waals surface area contributed by atoms with Gasteiger partial charge in [-0.15, -0.1) is 5.10 Å². The third-order valence-electron chi connectivity index (χ3n) is 6.57. The Bertz CT molecular complexity index is 1390. The first-order valence-corrected chi connectivity index (χ1v) is 11.1. The molecule has 0 radical (unpaired) electrons. The lowest BCUT2D eigenvalue weighted by Crippen LogP contribution is -2.54. The van der Waals surface area contributed by atoms with E-state index in [0.717, 1.165) is 16.2 Å². The molecule has 2 aliphatic rings. The zero-order valence-electron chi connectivity index (χ0n) is 19.4. The molecular weight excluding hydrogens is 450 g/mol. The van der Waals surface area contributed by atoms with Crippen LogP contribution < -0.4 is 10.1 Å². The van der Waals surface area contributed by atoms with Gasteiger partial charge < -0.3 is 4.74 Å². The monoisotopic (exact) mass is 473 g/mol. The van der Waals surface area contributed by atoms with Crippen LogP contribution in [0.25, 0.3) is 11.3 Å². The van der Waals surface area contributed by atoms with Crippen LogP contribution in [0.4, 0.5) is 0 Å². The number of fused-ring (bicyclic) bond motifs is 1. The molecule has 1 unspecified atom stereocenters. The zero-order chi connectivity index (χ0) is 24.9. The number of nitrogens with zero attached hydrogens (tertiary/aromatic N) is 4. The molecule has 178 valence electrons. The van der Waals surface area contributed by atoms with Crippen LogP contribution >= 0.6 is 0 Å². The second-order valence-electron chi connectivity index (χ2n) is 9.02. The van der Waals surface area contributed by atoms with Crippen molar-refractivity contribution in [3.63, 3.8) is 0 Å². The summed E-state index contributed by atoms with van der Waals surface area (Å²) in [4.78, 5) is 50.7. The van der Waals surface area contributed by atoms with Crippen LogP contribution in [0.1, 0.15) is 53.0 Å². The van der Waals surface area contributed by atoms with Gasteiger partial charge in [0.1, 0.15) is 17.5 Å². The van der Waals surface area contributed by atoms with Gasteiger partial charge in [0.15, 0.2) is 0 Å². The van der Waals surface area contributed by atoms with Crippen molar-refractivity contribution < 1.29 is 23.9 Å². The molecule has 0 saturated carbocycles. The summed E-state index contributed by atoms with van der Waals surface area (Å²) in [6, 6.07) is 11.5. The van der Waals surface area contributed by atoms with Crippen LogP contribution in [0.5, 0.6) is 5.75 Å². The highest BCUT2D eigenvalue weighted by molar-refractivity contribution is 6.23. The molecule has 35 heavy (non-hydrogen) atoms. The number of imide groups is 2. The lowest BCUT2D eigenvalue weighted by molar-refractivity contribution is -0.136. The molecule has 2 aliphatic heterocycles. The average Bonchev–Trinajstić information content (AvgIpc) is 3.44. The molecule has 1 aromatic heterocycles. The first kappa shape index (κ1) is 22.5. The summed E-state index contributed by atoms with van der Waals surface area (Å²) >= 11 is 0. The number of hydrogen-bond donors (Lipinski definition) is 1. The van der Waals surface area contributed by atoms with Gasteiger partial charge in [-0.25, -0.2) is 4.68 Å². The van der Waals surface area contributed by atoms with E-state index in [0.29, 0.717) is 11.3 Å². The third kappa shape index (κ3) is 3.58. The topological polar surface area (TPSA) is 123 Å². The number of benzene rings is 2. The van der Waals surface area contributed by atoms with Crippen molar-refractivity contribution in [2.24, 2.45) is 0 Å². The van der Waals surface area contributed by atoms with Crippen molar-refractivity contribution in [3.05, 3.63) is 65.4 Å². The zero-order valence-corrected chi connectivity index (χ0v) is 19.4. The van der Waals surface area contributed by atoms with Crippen molar-refractivity contribution in [3.8, 4) is 17.0 Å². The number of methoxy groups -OCH3 is 1. The summed E-state index contributed by atoms with van der Waals surface area (Å²) in [5.74, 6) is -1.44. The number of carbonyl (C=O) groups excluding carboxylic acids is 4. The van der Waals surface area contributed by atoms with Gasteiger partial charge in [-0.05, 0) is 38.5 Å². The largest absolute Gasteiger partial charge is 0.496 e. The van der Waals surface area contributed by atoms with Gasteiger partial charge in [0.25, 0.3) is 11.8 Å². The highest BCUT2D eigenvalue weighted by Gasteiger charge is 2.44. The third-order valence-corrected chi connectivity index (χ3v) is 6.57. The summed E-state index contributed by atoms with van der Waals surface area (Å²) in [6.45, 7) is 3.98. The number of para-hydroxylation sites is 1. The molecule has 5 rings (SSSR count). The van der Waals surface area contributed by atoms with Crippen LogP contribution in [0.15, 0.2) is 48.7 Å². The van der Waals surface area contributed by atoms with Gasteiger partial charge in [-0.2, -0.15) is 0 Å². The number of rotatable bonds is 5. The number of carbonyl (C=O) groups is 4. The Kier molecular flexibility index (Phi) is 5.23. The van der Waals surface area contributed by atoms with E-state index in [4.69, 9.17) is 4.74 Å². The Morgan fingerprint density at radius 2 is 1.77 bits per heavy atom. The number of nitrogens with one attached hydrogen (secondary N) is 1. The van der Waals surface area contributed by atoms with E-state index >= 15 is 0 Å². The SMILES string of the molecule is COc1ccccc1C(C)(C)n1cc(-c2ccc3c(c2)C(=O)N(C2CCC(=O)NC2=O)C3=O)nn1. The van der Waals surface area contributed by atoms with E-state index in [9.17, 15) is 19.2 Å². The van der Waals surface area contributed by atoms with Gasteiger partial charge in [0, 0.05) is 17.5 Å². The van der Waals surface area contributed by atoms with E-state index in [1.807, 2.05) is 38.1 Å². The van der Waals surface area contributed by atoms with Crippen LogP contribution in [-0.4, -0.2) is 56.7 Å².